The first-order valence-electron chi connectivity index (χ1n) is 6.04. The van der Waals surface area contributed by atoms with Gasteiger partial charge >= 0.3 is 0 Å². The van der Waals surface area contributed by atoms with Gasteiger partial charge in [0, 0.05) is 6.42 Å². The molecule has 0 unspecified atom stereocenters. The summed E-state index contributed by atoms with van der Waals surface area (Å²) in [5, 5.41) is 9.80. The van der Waals surface area contributed by atoms with E-state index in [2.05, 4.69) is 26.8 Å². The maximum Gasteiger partial charge on any atom is 0.0914 e. The molecule has 1 rings (SSSR count). The van der Waals surface area contributed by atoms with Crippen LogP contribution in [0.1, 0.15) is 59.8 Å². The zero-order valence-corrected chi connectivity index (χ0v) is 10.6. The first-order valence-corrected chi connectivity index (χ1v) is 6.04. The second-order valence-electron chi connectivity index (χ2n) is 5.24. The van der Waals surface area contributed by atoms with E-state index in [1.807, 2.05) is 6.92 Å². The first kappa shape index (κ1) is 12.4. The summed E-state index contributed by atoms with van der Waals surface area (Å²) >= 11 is 0. The first-order chi connectivity index (χ1) is 6.97. The lowest BCUT2D eigenvalue weighted by molar-refractivity contribution is 0.345. The van der Waals surface area contributed by atoms with Gasteiger partial charge in [0.05, 0.1) is 5.76 Å². The van der Waals surface area contributed by atoms with E-state index in [1.165, 1.54) is 19.3 Å². The number of aliphatic hydroxyl groups excluding tert-OH is 1. The van der Waals surface area contributed by atoms with Gasteiger partial charge in [0.2, 0.25) is 0 Å². The van der Waals surface area contributed by atoms with Crippen LogP contribution in [-0.2, 0) is 0 Å². The summed E-state index contributed by atoms with van der Waals surface area (Å²) in [4.78, 5) is 0. The van der Waals surface area contributed by atoms with E-state index in [4.69, 9.17) is 0 Å². The predicted molar refractivity (Wildman–Crippen MR) is 66.0 cm³/mol. The van der Waals surface area contributed by atoms with Crippen molar-refractivity contribution in [3.05, 3.63) is 23.0 Å². The summed E-state index contributed by atoms with van der Waals surface area (Å²) in [6.45, 7) is 8.53. The van der Waals surface area contributed by atoms with Gasteiger partial charge in [-0.15, -0.1) is 0 Å². The molecule has 1 N–H and O–H groups in total. The van der Waals surface area contributed by atoms with Gasteiger partial charge in [-0.3, -0.25) is 0 Å². The molecule has 0 spiro atoms. The standard InChI is InChI=1S/C14H24O/c1-5-13(15)11(2)14(3,4)10-12-8-6-7-9-12/h8,15H,5-7,9-10H2,1-4H3/b13-11+. The summed E-state index contributed by atoms with van der Waals surface area (Å²) in [6, 6.07) is 0. The quantitative estimate of drug-likeness (QED) is 0.522. The van der Waals surface area contributed by atoms with Gasteiger partial charge in [-0.25, -0.2) is 0 Å². The molecule has 0 radical (unpaired) electrons. The smallest absolute Gasteiger partial charge is 0.0914 e. The largest absolute Gasteiger partial charge is 0.512 e. The fourth-order valence-corrected chi connectivity index (χ4v) is 2.25. The summed E-state index contributed by atoms with van der Waals surface area (Å²) in [5.74, 6) is 0.568. The van der Waals surface area contributed by atoms with Crippen LogP contribution in [0.25, 0.3) is 0 Å². The zero-order valence-electron chi connectivity index (χ0n) is 10.6. The summed E-state index contributed by atoms with van der Waals surface area (Å²) in [7, 11) is 0. The maximum absolute atomic E-state index is 9.80. The van der Waals surface area contributed by atoms with E-state index in [-0.39, 0.29) is 5.41 Å². The van der Waals surface area contributed by atoms with E-state index in [0.29, 0.717) is 5.76 Å². The third-order valence-corrected chi connectivity index (χ3v) is 3.59. The van der Waals surface area contributed by atoms with Crippen LogP contribution in [0.3, 0.4) is 0 Å². The highest BCUT2D eigenvalue weighted by Gasteiger charge is 2.24. The molecular formula is C14H24O. The van der Waals surface area contributed by atoms with Gasteiger partial charge in [-0.05, 0) is 43.6 Å². The van der Waals surface area contributed by atoms with Crippen molar-refractivity contribution in [2.45, 2.75) is 59.8 Å². The van der Waals surface area contributed by atoms with Crippen molar-refractivity contribution in [3.8, 4) is 0 Å². The van der Waals surface area contributed by atoms with Gasteiger partial charge in [0.15, 0.2) is 0 Å². The number of allylic oxidation sites excluding steroid dienone is 4. The second-order valence-corrected chi connectivity index (χ2v) is 5.24. The van der Waals surface area contributed by atoms with Gasteiger partial charge in [0.1, 0.15) is 0 Å². The number of hydrogen-bond donors (Lipinski definition) is 1. The Morgan fingerprint density at radius 1 is 1.47 bits per heavy atom. The van der Waals surface area contributed by atoms with E-state index in [0.717, 1.165) is 18.4 Å². The molecule has 86 valence electrons. The van der Waals surface area contributed by atoms with Crippen molar-refractivity contribution in [1.29, 1.82) is 0 Å². The molecule has 0 amide bonds. The summed E-state index contributed by atoms with van der Waals surface area (Å²) < 4.78 is 0. The second kappa shape index (κ2) is 4.87. The Balaban J connectivity index is 2.73. The molecule has 0 saturated carbocycles. The minimum atomic E-state index is 0.107. The fraction of sp³-hybridized carbons (Fsp3) is 0.714. The average molecular weight is 208 g/mol. The van der Waals surface area contributed by atoms with E-state index < -0.39 is 0 Å². The molecule has 0 saturated heterocycles. The molecule has 1 aliphatic rings. The van der Waals surface area contributed by atoms with Crippen LogP contribution in [0.5, 0.6) is 0 Å². The molecule has 1 aliphatic carbocycles. The Morgan fingerprint density at radius 2 is 2.13 bits per heavy atom. The molecule has 0 atom stereocenters. The molecule has 0 fully saturated rings. The SMILES string of the molecule is CC/C(O)=C(/C)C(C)(C)CC1=CCCC1. The van der Waals surface area contributed by atoms with Crippen molar-refractivity contribution in [1.82, 2.24) is 0 Å². The highest BCUT2D eigenvalue weighted by atomic mass is 16.3. The highest BCUT2D eigenvalue weighted by Crippen LogP contribution is 2.38. The topological polar surface area (TPSA) is 20.2 Å². The molecule has 0 bridgehead atoms. The molecule has 1 heteroatoms. The van der Waals surface area contributed by atoms with Gasteiger partial charge < -0.3 is 5.11 Å². The van der Waals surface area contributed by atoms with Crippen molar-refractivity contribution in [2.75, 3.05) is 0 Å². The van der Waals surface area contributed by atoms with Crippen molar-refractivity contribution < 1.29 is 5.11 Å². The fourth-order valence-electron chi connectivity index (χ4n) is 2.25. The Morgan fingerprint density at radius 3 is 2.60 bits per heavy atom. The lowest BCUT2D eigenvalue weighted by Gasteiger charge is -2.27. The molecule has 0 aromatic carbocycles. The van der Waals surface area contributed by atoms with Crippen LogP contribution in [0.2, 0.25) is 0 Å². The molecule has 15 heavy (non-hydrogen) atoms. The average Bonchev–Trinajstić information content (AvgIpc) is 2.67. The number of hydrogen-bond acceptors (Lipinski definition) is 1. The van der Waals surface area contributed by atoms with Crippen molar-refractivity contribution in [3.63, 3.8) is 0 Å². The Labute approximate surface area is 93.9 Å². The van der Waals surface area contributed by atoms with Crippen molar-refractivity contribution >= 4 is 0 Å². The van der Waals surface area contributed by atoms with Crippen LogP contribution < -0.4 is 0 Å². The third kappa shape index (κ3) is 3.12. The predicted octanol–water partition coefficient (Wildman–Crippen LogP) is 4.76. The molecule has 0 aliphatic heterocycles. The third-order valence-electron chi connectivity index (χ3n) is 3.59. The van der Waals surface area contributed by atoms with Crippen LogP contribution in [0.15, 0.2) is 23.0 Å². The molecule has 0 aromatic rings. The zero-order chi connectivity index (χ0) is 11.5. The number of aliphatic hydroxyl groups is 1. The monoisotopic (exact) mass is 208 g/mol. The molecule has 0 heterocycles. The van der Waals surface area contributed by atoms with Crippen LogP contribution in [-0.4, -0.2) is 5.11 Å². The summed E-state index contributed by atoms with van der Waals surface area (Å²) in [6.07, 6.45) is 8.03. The minimum Gasteiger partial charge on any atom is -0.512 e. The van der Waals surface area contributed by atoms with Crippen LogP contribution >= 0.6 is 0 Å². The molecule has 1 nitrogen and oxygen atoms in total. The molecular weight excluding hydrogens is 184 g/mol. The van der Waals surface area contributed by atoms with E-state index in [9.17, 15) is 5.11 Å². The van der Waals surface area contributed by atoms with Gasteiger partial charge in [-0.1, -0.05) is 32.4 Å². The van der Waals surface area contributed by atoms with Crippen LogP contribution in [0, 0.1) is 5.41 Å². The van der Waals surface area contributed by atoms with Crippen molar-refractivity contribution in [2.24, 2.45) is 5.41 Å². The highest BCUT2D eigenvalue weighted by molar-refractivity contribution is 5.19. The summed E-state index contributed by atoms with van der Waals surface area (Å²) in [5.41, 5.74) is 2.83. The lowest BCUT2D eigenvalue weighted by Crippen LogP contribution is -2.15. The van der Waals surface area contributed by atoms with E-state index >= 15 is 0 Å². The Hall–Kier alpha value is -0.720. The maximum atomic E-state index is 9.80. The lowest BCUT2D eigenvalue weighted by atomic mass is 9.78. The van der Waals surface area contributed by atoms with Gasteiger partial charge in [0.25, 0.3) is 0 Å². The van der Waals surface area contributed by atoms with Crippen LogP contribution in [0.4, 0.5) is 0 Å². The number of rotatable bonds is 4. The Bertz CT molecular complexity index is 282. The minimum absolute atomic E-state index is 0.107. The Kier molecular flexibility index (Phi) is 4.01. The van der Waals surface area contributed by atoms with Gasteiger partial charge in [-0.2, -0.15) is 0 Å². The molecule has 0 aromatic heterocycles. The normalized spacial score (nSPS) is 18.8. The van der Waals surface area contributed by atoms with E-state index in [1.54, 1.807) is 5.57 Å².